The summed E-state index contributed by atoms with van der Waals surface area (Å²) in [5.41, 5.74) is 2.58. The Morgan fingerprint density at radius 3 is 1.93 bits per heavy atom. The second-order valence-electron chi connectivity index (χ2n) is 12.5. The van der Waals surface area contributed by atoms with Crippen LogP contribution in [-0.2, 0) is 22.5 Å². The van der Waals surface area contributed by atoms with Crippen LogP contribution in [0.1, 0.15) is 115 Å². The second kappa shape index (κ2) is 21.4. The summed E-state index contributed by atoms with van der Waals surface area (Å²) in [6, 6.07) is 18.9. The first-order valence-electron chi connectivity index (χ1n) is 16.7. The molecule has 0 saturated carbocycles. The minimum atomic E-state index is -0.0918. The van der Waals surface area contributed by atoms with Gasteiger partial charge in [0.25, 0.3) is 0 Å². The van der Waals surface area contributed by atoms with Gasteiger partial charge in [0.1, 0.15) is 18.2 Å². The van der Waals surface area contributed by atoms with E-state index in [0.29, 0.717) is 19.6 Å². The Kier molecular flexibility index (Phi) is 18.2. The Hall–Kier alpha value is -2.33. The lowest BCUT2D eigenvalue weighted by Crippen LogP contribution is -2.44. The Morgan fingerprint density at radius 1 is 0.707 bits per heavy atom. The molecule has 0 fully saturated rings. The van der Waals surface area contributed by atoms with Crippen molar-refractivity contribution in [3.8, 4) is 5.75 Å². The Labute approximate surface area is 252 Å². The predicted molar refractivity (Wildman–Crippen MR) is 173 cm³/mol. The Bertz CT molecular complexity index is 927. The van der Waals surface area contributed by atoms with Crippen LogP contribution in [0.5, 0.6) is 5.75 Å². The molecule has 0 heterocycles. The molecule has 1 unspecified atom stereocenters. The average Bonchev–Trinajstić information content (AvgIpc) is 2.97. The second-order valence-corrected chi connectivity index (χ2v) is 12.5. The number of esters is 1. The molecule has 0 aliphatic heterocycles. The van der Waals surface area contributed by atoms with E-state index in [0.717, 1.165) is 36.2 Å². The topological polar surface area (TPSA) is 35.5 Å². The van der Waals surface area contributed by atoms with Crippen LogP contribution in [0.4, 0.5) is 0 Å². The third-order valence-electron chi connectivity index (χ3n) is 8.06. The summed E-state index contributed by atoms with van der Waals surface area (Å²) in [6.07, 6.45) is 19.0. The number of quaternary nitrogens is 1. The minimum absolute atomic E-state index is 0.0841. The van der Waals surface area contributed by atoms with Crippen molar-refractivity contribution in [2.24, 2.45) is 5.92 Å². The number of unbranched alkanes of at least 4 members (excludes halogenated alkanes) is 11. The zero-order chi connectivity index (χ0) is 29.6. The molecule has 2 aromatic rings. The van der Waals surface area contributed by atoms with Crippen LogP contribution in [0, 0.1) is 5.92 Å². The van der Waals surface area contributed by atoms with E-state index in [1.165, 1.54) is 88.2 Å². The molecule has 41 heavy (non-hydrogen) atoms. The van der Waals surface area contributed by atoms with Crippen LogP contribution in [0.2, 0.25) is 0 Å². The summed E-state index contributed by atoms with van der Waals surface area (Å²) in [5, 5.41) is 0. The van der Waals surface area contributed by atoms with Gasteiger partial charge in [-0.05, 0) is 30.9 Å². The van der Waals surface area contributed by atoms with Gasteiger partial charge in [0.15, 0.2) is 0 Å². The van der Waals surface area contributed by atoms with Crippen LogP contribution in [0.25, 0.3) is 0 Å². The summed E-state index contributed by atoms with van der Waals surface area (Å²) in [7, 11) is 4.37. The van der Waals surface area contributed by atoms with E-state index in [9.17, 15) is 4.79 Å². The highest BCUT2D eigenvalue weighted by atomic mass is 16.5. The van der Waals surface area contributed by atoms with Gasteiger partial charge in [-0.3, -0.25) is 4.79 Å². The number of aryl methyl sites for hydroxylation is 1. The van der Waals surface area contributed by atoms with Gasteiger partial charge in [-0.15, -0.1) is 0 Å². The van der Waals surface area contributed by atoms with Crippen LogP contribution in [0.15, 0.2) is 54.6 Å². The maximum atomic E-state index is 12.8. The number of rotatable bonds is 24. The lowest BCUT2D eigenvalue weighted by atomic mass is 10.0. The Morgan fingerprint density at radius 2 is 1.29 bits per heavy atom. The predicted octanol–water partition coefficient (Wildman–Crippen LogP) is 9.55. The minimum Gasteiger partial charge on any atom is -0.493 e. The normalized spacial score (nSPS) is 12.3. The van der Waals surface area contributed by atoms with Gasteiger partial charge < -0.3 is 14.0 Å². The molecule has 2 rings (SSSR count). The maximum Gasteiger partial charge on any atom is 0.314 e. The number of nitrogens with zero attached hydrogens (tertiary/aromatic N) is 1. The lowest BCUT2D eigenvalue weighted by molar-refractivity contribution is -0.906. The first kappa shape index (κ1) is 34.9. The van der Waals surface area contributed by atoms with Crippen molar-refractivity contribution in [1.82, 2.24) is 0 Å². The highest BCUT2D eigenvalue weighted by Crippen LogP contribution is 2.22. The molecule has 0 bridgehead atoms. The van der Waals surface area contributed by atoms with Crippen LogP contribution >= 0.6 is 0 Å². The van der Waals surface area contributed by atoms with Crippen molar-refractivity contribution in [2.75, 3.05) is 33.9 Å². The number of benzene rings is 2. The van der Waals surface area contributed by atoms with Crippen molar-refractivity contribution < 1.29 is 18.8 Å². The van der Waals surface area contributed by atoms with E-state index < -0.39 is 0 Å². The van der Waals surface area contributed by atoms with Crippen LogP contribution in [0.3, 0.4) is 0 Å². The largest absolute Gasteiger partial charge is 0.493 e. The number of hydrogen-bond donors (Lipinski definition) is 0. The summed E-state index contributed by atoms with van der Waals surface area (Å²) in [5.74, 6) is 0.804. The monoisotopic (exact) mass is 566 g/mol. The molecule has 4 heteroatoms. The molecule has 230 valence electrons. The van der Waals surface area contributed by atoms with Crippen molar-refractivity contribution in [3.63, 3.8) is 0 Å². The molecule has 0 aliphatic carbocycles. The van der Waals surface area contributed by atoms with Gasteiger partial charge in [0, 0.05) is 12.0 Å². The number of ether oxygens (including phenoxy) is 2. The number of para-hydroxylation sites is 1. The van der Waals surface area contributed by atoms with E-state index in [-0.39, 0.29) is 11.9 Å². The zero-order valence-corrected chi connectivity index (χ0v) is 26.9. The van der Waals surface area contributed by atoms with Gasteiger partial charge in [-0.2, -0.15) is 0 Å². The van der Waals surface area contributed by atoms with Gasteiger partial charge in [-0.1, -0.05) is 133 Å². The fraction of sp³-hybridized carbons (Fsp3) is 0.649. The molecule has 0 spiro atoms. The molecular formula is C37H60NO3+. The molecule has 0 radical (unpaired) electrons. The first-order valence-corrected chi connectivity index (χ1v) is 16.7. The third-order valence-corrected chi connectivity index (χ3v) is 8.06. The standard InChI is InChI=1S/C37H60NO3/c1-5-7-8-9-10-11-12-13-14-15-16-20-26-35-27-21-22-28-36(35)40-29-23-30-41-37(39)34(6-2)32-38(3,4)31-33-24-18-17-19-25-33/h17-19,21-22,24-25,27-28,34H,5-16,20,23,26,29-32H2,1-4H3/q+1. The highest BCUT2D eigenvalue weighted by molar-refractivity contribution is 5.72. The van der Waals surface area contributed by atoms with Gasteiger partial charge in [0.2, 0.25) is 0 Å². The Balaban J connectivity index is 1.59. The average molecular weight is 567 g/mol. The van der Waals surface area contributed by atoms with Crippen molar-refractivity contribution in [1.29, 1.82) is 0 Å². The van der Waals surface area contributed by atoms with E-state index >= 15 is 0 Å². The summed E-state index contributed by atoms with van der Waals surface area (Å²) in [6.45, 7) is 7.00. The summed E-state index contributed by atoms with van der Waals surface area (Å²) in [4.78, 5) is 12.8. The van der Waals surface area contributed by atoms with Crippen LogP contribution < -0.4 is 4.74 Å². The van der Waals surface area contributed by atoms with Crippen molar-refractivity contribution >= 4 is 5.97 Å². The van der Waals surface area contributed by atoms with Crippen LogP contribution in [-0.4, -0.2) is 44.3 Å². The SMILES string of the molecule is CCCCCCCCCCCCCCc1ccccc1OCCCOC(=O)C(CC)C[N+](C)(C)Cc1ccccc1. The fourth-order valence-corrected chi connectivity index (χ4v) is 5.65. The molecule has 0 amide bonds. The third kappa shape index (κ3) is 16.0. The molecule has 2 aromatic carbocycles. The molecular weight excluding hydrogens is 506 g/mol. The number of carbonyl (C=O) groups excluding carboxylic acids is 1. The first-order chi connectivity index (χ1) is 19.9. The van der Waals surface area contributed by atoms with E-state index in [1.54, 1.807) is 0 Å². The van der Waals surface area contributed by atoms with Crippen molar-refractivity contribution in [3.05, 3.63) is 65.7 Å². The van der Waals surface area contributed by atoms with Gasteiger partial charge in [0.05, 0.1) is 33.9 Å². The zero-order valence-electron chi connectivity index (χ0n) is 26.9. The van der Waals surface area contributed by atoms with E-state index in [1.807, 2.05) is 12.1 Å². The van der Waals surface area contributed by atoms with Crippen molar-refractivity contribution in [2.45, 2.75) is 117 Å². The maximum absolute atomic E-state index is 12.8. The van der Waals surface area contributed by atoms with Gasteiger partial charge in [-0.25, -0.2) is 0 Å². The number of carbonyl (C=O) groups is 1. The fourth-order valence-electron chi connectivity index (χ4n) is 5.65. The molecule has 4 nitrogen and oxygen atoms in total. The molecule has 0 aromatic heterocycles. The smallest absolute Gasteiger partial charge is 0.314 e. The molecule has 0 aliphatic rings. The van der Waals surface area contributed by atoms with E-state index in [2.05, 4.69) is 70.4 Å². The van der Waals surface area contributed by atoms with E-state index in [4.69, 9.17) is 9.47 Å². The lowest BCUT2D eigenvalue weighted by Gasteiger charge is -2.32. The number of hydrogen-bond acceptors (Lipinski definition) is 3. The molecule has 1 atom stereocenters. The molecule has 0 saturated heterocycles. The summed E-state index contributed by atoms with van der Waals surface area (Å²) < 4.78 is 12.6. The molecule has 0 N–H and O–H groups in total. The quantitative estimate of drug-likeness (QED) is 0.0721. The summed E-state index contributed by atoms with van der Waals surface area (Å²) >= 11 is 0. The van der Waals surface area contributed by atoms with Gasteiger partial charge >= 0.3 is 5.97 Å². The highest BCUT2D eigenvalue weighted by Gasteiger charge is 2.28.